The number of hydrogen-bond acceptors (Lipinski definition) is 5. The van der Waals surface area contributed by atoms with Crippen LogP contribution in [0.15, 0.2) is 24.3 Å². The first-order valence-electron chi connectivity index (χ1n) is 5.90. The van der Waals surface area contributed by atoms with Gasteiger partial charge < -0.3 is 9.84 Å². The molecule has 1 aromatic carbocycles. The van der Waals surface area contributed by atoms with Crippen molar-refractivity contribution in [3.63, 3.8) is 0 Å². The molecule has 0 bridgehead atoms. The first kappa shape index (κ1) is 13.0. The van der Waals surface area contributed by atoms with Gasteiger partial charge in [-0.3, -0.25) is 0 Å². The Hall–Kier alpha value is -1.46. The fourth-order valence-corrected chi connectivity index (χ4v) is 2.14. The van der Waals surface area contributed by atoms with Crippen molar-refractivity contribution in [2.45, 2.75) is 26.2 Å². The van der Waals surface area contributed by atoms with E-state index in [-0.39, 0.29) is 6.61 Å². The second-order valence-corrected chi connectivity index (χ2v) is 5.01. The maximum atomic E-state index is 8.83. The Morgan fingerprint density at radius 1 is 1.28 bits per heavy atom. The molecule has 1 aromatic heterocycles. The van der Waals surface area contributed by atoms with Gasteiger partial charge in [0, 0.05) is 24.1 Å². The first-order valence-corrected chi connectivity index (χ1v) is 6.67. The second-order valence-electron chi connectivity index (χ2n) is 4.29. The van der Waals surface area contributed by atoms with Crippen LogP contribution < -0.4 is 4.74 Å². The summed E-state index contributed by atoms with van der Waals surface area (Å²) >= 11 is 1.26. The molecule has 0 atom stereocenters. The molecule has 0 radical (unpaired) electrons. The number of aromatic nitrogens is 2. The normalized spacial score (nSPS) is 10.9. The minimum absolute atomic E-state index is 0.161. The smallest absolute Gasteiger partial charge is 0.298 e. The zero-order valence-corrected chi connectivity index (χ0v) is 11.3. The summed E-state index contributed by atoms with van der Waals surface area (Å²) in [6.07, 6.45) is 0.663. The number of nitrogens with zero attached hydrogens (tertiary/aromatic N) is 2. The fourth-order valence-electron chi connectivity index (χ4n) is 1.45. The fraction of sp³-hybridized carbons (Fsp3) is 0.385. The van der Waals surface area contributed by atoms with Gasteiger partial charge in [-0.05, 0) is 24.1 Å². The summed E-state index contributed by atoms with van der Waals surface area (Å²) in [4.78, 5) is 4.31. The Morgan fingerprint density at radius 3 is 2.56 bits per heavy atom. The standard InChI is InChI=1S/C13H16N2O2S/c1-9(2)12-14-13(18-15-12)17-11-5-3-10(4-6-11)7-8-16/h3-6,9,16H,7-8H2,1-2H3. The first-order chi connectivity index (χ1) is 8.69. The molecule has 18 heavy (non-hydrogen) atoms. The zero-order valence-electron chi connectivity index (χ0n) is 10.5. The van der Waals surface area contributed by atoms with Crippen LogP contribution in [-0.2, 0) is 6.42 Å². The van der Waals surface area contributed by atoms with Crippen molar-refractivity contribution in [3.05, 3.63) is 35.7 Å². The molecule has 2 aromatic rings. The maximum Gasteiger partial charge on any atom is 0.298 e. The lowest BCUT2D eigenvalue weighted by atomic mass is 10.1. The van der Waals surface area contributed by atoms with Gasteiger partial charge in [0.1, 0.15) is 11.6 Å². The summed E-state index contributed by atoms with van der Waals surface area (Å²) in [7, 11) is 0. The third-order valence-electron chi connectivity index (χ3n) is 2.47. The van der Waals surface area contributed by atoms with E-state index >= 15 is 0 Å². The average Bonchev–Trinajstić information content (AvgIpc) is 2.81. The van der Waals surface area contributed by atoms with Crippen LogP contribution in [0.3, 0.4) is 0 Å². The zero-order chi connectivity index (χ0) is 13.0. The van der Waals surface area contributed by atoms with Crippen molar-refractivity contribution in [1.29, 1.82) is 0 Å². The lowest BCUT2D eigenvalue weighted by Gasteiger charge is -2.02. The van der Waals surface area contributed by atoms with Crippen LogP contribution in [-0.4, -0.2) is 21.1 Å². The molecule has 2 rings (SSSR count). The number of benzene rings is 1. The van der Waals surface area contributed by atoms with Crippen LogP contribution in [0.25, 0.3) is 0 Å². The van der Waals surface area contributed by atoms with E-state index in [2.05, 4.69) is 23.2 Å². The minimum Gasteiger partial charge on any atom is -0.430 e. The second kappa shape index (κ2) is 5.93. The Kier molecular flexibility index (Phi) is 4.28. The van der Waals surface area contributed by atoms with Gasteiger partial charge >= 0.3 is 0 Å². The molecule has 1 heterocycles. The molecule has 0 aliphatic rings. The van der Waals surface area contributed by atoms with Crippen molar-refractivity contribution in [3.8, 4) is 10.9 Å². The largest absolute Gasteiger partial charge is 0.430 e. The molecular formula is C13H16N2O2S. The monoisotopic (exact) mass is 264 g/mol. The van der Waals surface area contributed by atoms with E-state index in [9.17, 15) is 0 Å². The number of ether oxygens (including phenoxy) is 1. The van der Waals surface area contributed by atoms with Gasteiger partial charge in [-0.15, -0.1) is 0 Å². The Labute approximate surface area is 110 Å². The summed E-state index contributed by atoms with van der Waals surface area (Å²) in [5.74, 6) is 1.86. The van der Waals surface area contributed by atoms with Crippen LogP contribution in [0, 0.1) is 0 Å². The number of aliphatic hydroxyl groups is 1. The average molecular weight is 264 g/mol. The van der Waals surface area contributed by atoms with E-state index in [1.807, 2.05) is 24.3 Å². The molecule has 0 unspecified atom stereocenters. The van der Waals surface area contributed by atoms with E-state index in [4.69, 9.17) is 9.84 Å². The third kappa shape index (κ3) is 3.27. The van der Waals surface area contributed by atoms with E-state index < -0.39 is 0 Å². The lowest BCUT2D eigenvalue weighted by Crippen LogP contribution is -1.91. The summed E-state index contributed by atoms with van der Waals surface area (Å²) < 4.78 is 9.86. The van der Waals surface area contributed by atoms with Crippen molar-refractivity contribution < 1.29 is 9.84 Å². The topological polar surface area (TPSA) is 55.2 Å². The van der Waals surface area contributed by atoms with E-state index in [0.29, 0.717) is 17.5 Å². The summed E-state index contributed by atoms with van der Waals surface area (Å²) in [5.41, 5.74) is 1.09. The molecule has 0 amide bonds. The van der Waals surface area contributed by atoms with Crippen molar-refractivity contribution in [2.24, 2.45) is 0 Å². The van der Waals surface area contributed by atoms with E-state index in [1.165, 1.54) is 11.5 Å². The van der Waals surface area contributed by atoms with Crippen LogP contribution in [0.4, 0.5) is 0 Å². The molecule has 0 spiro atoms. The van der Waals surface area contributed by atoms with Gasteiger partial charge in [0.25, 0.3) is 5.19 Å². The van der Waals surface area contributed by atoms with Gasteiger partial charge in [0.2, 0.25) is 0 Å². The van der Waals surface area contributed by atoms with E-state index in [1.54, 1.807) is 0 Å². The van der Waals surface area contributed by atoms with Gasteiger partial charge in [-0.25, -0.2) is 0 Å². The summed E-state index contributed by atoms with van der Waals surface area (Å²) in [6, 6.07) is 7.63. The third-order valence-corrected chi connectivity index (χ3v) is 3.08. The highest BCUT2D eigenvalue weighted by atomic mass is 32.1. The van der Waals surface area contributed by atoms with Crippen LogP contribution in [0.5, 0.6) is 10.9 Å². The molecule has 0 aliphatic heterocycles. The molecule has 4 nitrogen and oxygen atoms in total. The number of aliphatic hydroxyl groups excluding tert-OH is 1. The van der Waals surface area contributed by atoms with Crippen molar-refractivity contribution in [2.75, 3.05) is 6.61 Å². The molecule has 0 fully saturated rings. The van der Waals surface area contributed by atoms with Gasteiger partial charge in [0.15, 0.2) is 0 Å². The maximum absolute atomic E-state index is 8.83. The molecule has 1 N–H and O–H groups in total. The van der Waals surface area contributed by atoms with Gasteiger partial charge in [0.05, 0.1) is 0 Å². The summed E-state index contributed by atoms with van der Waals surface area (Å²) in [6.45, 7) is 4.26. The SMILES string of the molecule is CC(C)c1nsc(Oc2ccc(CCO)cc2)n1. The van der Waals surface area contributed by atoms with E-state index in [0.717, 1.165) is 17.1 Å². The molecule has 0 aliphatic carbocycles. The van der Waals surface area contributed by atoms with Crippen molar-refractivity contribution >= 4 is 11.5 Å². The molecule has 0 saturated heterocycles. The molecule has 0 saturated carbocycles. The van der Waals surface area contributed by atoms with Crippen LogP contribution >= 0.6 is 11.5 Å². The lowest BCUT2D eigenvalue weighted by molar-refractivity contribution is 0.299. The predicted molar refractivity (Wildman–Crippen MR) is 71.3 cm³/mol. The number of hydrogen-bond donors (Lipinski definition) is 1. The Balaban J connectivity index is 2.03. The highest BCUT2D eigenvalue weighted by Crippen LogP contribution is 2.25. The molecule has 5 heteroatoms. The van der Waals surface area contributed by atoms with Crippen LogP contribution in [0.1, 0.15) is 31.2 Å². The van der Waals surface area contributed by atoms with Gasteiger partial charge in [-0.2, -0.15) is 9.36 Å². The molecule has 96 valence electrons. The predicted octanol–water partition coefficient (Wildman–Crippen LogP) is 2.99. The Morgan fingerprint density at radius 2 is 2.00 bits per heavy atom. The van der Waals surface area contributed by atoms with Crippen LogP contribution in [0.2, 0.25) is 0 Å². The highest BCUT2D eigenvalue weighted by Gasteiger charge is 2.09. The summed E-state index contributed by atoms with van der Waals surface area (Å²) in [5, 5.41) is 9.39. The quantitative estimate of drug-likeness (QED) is 0.902. The Bertz CT molecular complexity index is 494. The number of rotatable bonds is 5. The highest BCUT2D eigenvalue weighted by molar-refractivity contribution is 7.07. The van der Waals surface area contributed by atoms with Gasteiger partial charge in [-0.1, -0.05) is 26.0 Å². The molecular weight excluding hydrogens is 248 g/mol. The van der Waals surface area contributed by atoms with Crippen molar-refractivity contribution in [1.82, 2.24) is 9.36 Å². The minimum atomic E-state index is 0.161.